The summed E-state index contributed by atoms with van der Waals surface area (Å²) in [5, 5.41) is 4.00. The summed E-state index contributed by atoms with van der Waals surface area (Å²) in [5.74, 6) is -1.39. The Hall–Kier alpha value is -3.04. The zero-order valence-corrected chi connectivity index (χ0v) is 15.8. The monoisotopic (exact) mass is 398 g/mol. The molecule has 0 radical (unpaired) electrons. The number of hydrogen-bond donors (Lipinski definition) is 1. The van der Waals surface area contributed by atoms with E-state index in [4.69, 9.17) is 10.5 Å². The highest BCUT2D eigenvalue weighted by atomic mass is 19.4. The first-order chi connectivity index (χ1) is 13.0. The van der Waals surface area contributed by atoms with E-state index in [-0.39, 0.29) is 23.0 Å². The van der Waals surface area contributed by atoms with Gasteiger partial charge in [0.15, 0.2) is 0 Å². The largest absolute Gasteiger partial charge is 0.467 e. The average molecular weight is 398 g/mol. The number of rotatable bonds is 5. The summed E-state index contributed by atoms with van der Waals surface area (Å²) in [6.45, 7) is 3.53. The van der Waals surface area contributed by atoms with Gasteiger partial charge >= 0.3 is 12.1 Å². The first kappa shape index (κ1) is 21.3. The van der Waals surface area contributed by atoms with Crippen LogP contribution in [0.3, 0.4) is 0 Å². The molecule has 2 aromatic rings. The Balaban J connectivity index is 2.33. The van der Waals surface area contributed by atoms with Crippen LogP contribution in [0.2, 0.25) is 0 Å². The number of anilines is 1. The number of halogens is 3. The highest BCUT2D eigenvalue weighted by molar-refractivity contribution is 6.00. The van der Waals surface area contributed by atoms with E-state index >= 15 is 0 Å². The molecule has 28 heavy (non-hydrogen) atoms. The standard InChI is InChI=1S/C18H21F3N4O3/c1-10(2)14(17(27)28-4)24(3)16(26)13-9-23-25(15(13)22)12-7-5-11(6-8-12)18(19,20)21/h5-10,14H,22H2,1-4H3/t14-/m0/s1. The van der Waals surface area contributed by atoms with Gasteiger partial charge in [-0.15, -0.1) is 0 Å². The molecule has 0 spiro atoms. The van der Waals surface area contributed by atoms with Crippen molar-refractivity contribution in [3.05, 3.63) is 41.6 Å². The molecule has 0 saturated carbocycles. The number of alkyl halides is 3. The van der Waals surface area contributed by atoms with E-state index in [9.17, 15) is 22.8 Å². The van der Waals surface area contributed by atoms with Crippen LogP contribution in [-0.4, -0.2) is 46.8 Å². The lowest BCUT2D eigenvalue weighted by Gasteiger charge is -2.28. The van der Waals surface area contributed by atoms with E-state index in [0.717, 1.165) is 16.8 Å². The van der Waals surface area contributed by atoms with Crippen molar-refractivity contribution >= 4 is 17.7 Å². The molecule has 0 bridgehead atoms. The van der Waals surface area contributed by atoms with Crippen LogP contribution in [0.15, 0.2) is 30.5 Å². The summed E-state index contributed by atoms with van der Waals surface area (Å²) in [4.78, 5) is 26.0. The van der Waals surface area contributed by atoms with Gasteiger partial charge in [0.05, 0.1) is 24.6 Å². The summed E-state index contributed by atoms with van der Waals surface area (Å²) in [7, 11) is 2.67. The van der Waals surface area contributed by atoms with Crippen LogP contribution in [0.25, 0.3) is 5.69 Å². The topological polar surface area (TPSA) is 90.5 Å². The Morgan fingerprint density at radius 3 is 2.25 bits per heavy atom. The Bertz CT molecular complexity index is 860. The summed E-state index contributed by atoms with van der Waals surface area (Å²) in [6.07, 6.45) is -3.25. The molecule has 0 aliphatic heterocycles. The third kappa shape index (κ3) is 4.10. The van der Waals surface area contributed by atoms with Crippen molar-refractivity contribution in [1.82, 2.24) is 14.7 Å². The van der Waals surface area contributed by atoms with Crippen LogP contribution in [-0.2, 0) is 15.7 Å². The van der Waals surface area contributed by atoms with Crippen LogP contribution in [0.4, 0.5) is 19.0 Å². The molecule has 2 rings (SSSR count). The quantitative estimate of drug-likeness (QED) is 0.782. The summed E-state index contributed by atoms with van der Waals surface area (Å²) < 4.78 is 44.0. The molecule has 1 amide bonds. The predicted octanol–water partition coefficient (Wildman–Crippen LogP) is 2.74. The first-order valence-electron chi connectivity index (χ1n) is 8.35. The van der Waals surface area contributed by atoms with Gasteiger partial charge < -0.3 is 15.4 Å². The van der Waals surface area contributed by atoms with Crippen molar-refractivity contribution in [3.63, 3.8) is 0 Å². The number of carbonyl (C=O) groups is 2. The zero-order chi connectivity index (χ0) is 21.2. The Labute approximate surface area is 159 Å². The van der Waals surface area contributed by atoms with Gasteiger partial charge in [0.25, 0.3) is 5.91 Å². The van der Waals surface area contributed by atoms with Crippen LogP contribution in [0, 0.1) is 5.92 Å². The van der Waals surface area contributed by atoms with Crippen LogP contribution < -0.4 is 5.73 Å². The number of methoxy groups -OCH3 is 1. The van der Waals surface area contributed by atoms with E-state index in [1.165, 1.54) is 37.4 Å². The molecule has 152 valence electrons. The highest BCUT2D eigenvalue weighted by Gasteiger charge is 2.33. The molecule has 0 aliphatic carbocycles. The average Bonchev–Trinajstić information content (AvgIpc) is 3.01. The van der Waals surface area contributed by atoms with E-state index in [2.05, 4.69) is 5.10 Å². The molecule has 0 unspecified atom stereocenters. The number of nitrogen functional groups attached to an aromatic ring is 1. The molecule has 0 saturated heterocycles. The fourth-order valence-corrected chi connectivity index (χ4v) is 2.83. The number of aromatic nitrogens is 2. The number of likely N-dealkylation sites (N-methyl/N-ethyl adjacent to an activating group) is 1. The minimum absolute atomic E-state index is 0.0250. The summed E-state index contributed by atoms with van der Waals surface area (Å²) in [6, 6.07) is 3.38. The zero-order valence-electron chi connectivity index (χ0n) is 15.8. The minimum atomic E-state index is -4.46. The van der Waals surface area contributed by atoms with Crippen molar-refractivity contribution in [2.45, 2.75) is 26.1 Å². The van der Waals surface area contributed by atoms with Crippen LogP contribution >= 0.6 is 0 Å². The SMILES string of the molecule is COC(=O)[C@H](C(C)C)N(C)C(=O)c1cnn(-c2ccc(C(F)(F)F)cc2)c1N. The molecular weight excluding hydrogens is 377 g/mol. The van der Waals surface area contributed by atoms with Crippen molar-refractivity contribution in [2.75, 3.05) is 19.9 Å². The molecule has 10 heteroatoms. The third-order valence-corrected chi connectivity index (χ3v) is 4.29. The number of nitrogens with zero attached hydrogens (tertiary/aromatic N) is 3. The van der Waals surface area contributed by atoms with Crippen molar-refractivity contribution in [1.29, 1.82) is 0 Å². The van der Waals surface area contributed by atoms with Gasteiger partial charge in [-0.2, -0.15) is 18.3 Å². The smallest absolute Gasteiger partial charge is 0.416 e. The lowest BCUT2D eigenvalue weighted by molar-refractivity contribution is -0.147. The molecule has 1 atom stereocenters. The molecule has 1 aromatic carbocycles. The molecule has 7 nitrogen and oxygen atoms in total. The number of amides is 1. The number of nitrogens with two attached hydrogens (primary N) is 1. The lowest BCUT2D eigenvalue weighted by atomic mass is 10.0. The molecule has 1 aromatic heterocycles. The maximum atomic E-state index is 12.8. The van der Waals surface area contributed by atoms with Gasteiger partial charge in [-0.1, -0.05) is 13.8 Å². The molecule has 1 heterocycles. The maximum absolute atomic E-state index is 12.8. The van der Waals surface area contributed by atoms with Gasteiger partial charge in [0.1, 0.15) is 17.4 Å². The van der Waals surface area contributed by atoms with Gasteiger partial charge in [-0.25, -0.2) is 9.48 Å². The molecule has 2 N–H and O–H groups in total. The number of ether oxygens (including phenoxy) is 1. The van der Waals surface area contributed by atoms with E-state index in [0.29, 0.717) is 0 Å². The molecule has 0 aliphatic rings. The van der Waals surface area contributed by atoms with Crippen molar-refractivity contribution in [3.8, 4) is 5.69 Å². The second-order valence-corrected chi connectivity index (χ2v) is 6.53. The number of benzene rings is 1. The molecular formula is C18H21F3N4O3. The second-order valence-electron chi connectivity index (χ2n) is 6.53. The summed E-state index contributed by atoms with van der Waals surface area (Å²) >= 11 is 0. The maximum Gasteiger partial charge on any atom is 0.416 e. The molecule has 0 fully saturated rings. The lowest BCUT2D eigenvalue weighted by Crippen LogP contribution is -2.46. The minimum Gasteiger partial charge on any atom is -0.467 e. The summed E-state index contributed by atoms with van der Waals surface area (Å²) in [5.41, 5.74) is 5.48. The first-order valence-corrected chi connectivity index (χ1v) is 8.35. The van der Waals surface area contributed by atoms with Gasteiger partial charge in [0.2, 0.25) is 0 Å². The van der Waals surface area contributed by atoms with E-state index < -0.39 is 29.7 Å². The number of hydrogen-bond acceptors (Lipinski definition) is 5. The normalized spacial score (nSPS) is 12.7. The second kappa shape index (κ2) is 7.91. The Morgan fingerprint density at radius 1 is 1.21 bits per heavy atom. The van der Waals surface area contributed by atoms with Gasteiger partial charge in [-0.05, 0) is 30.2 Å². The van der Waals surface area contributed by atoms with E-state index in [1.54, 1.807) is 13.8 Å². The van der Waals surface area contributed by atoms with E-state index in [1.807, 2.05) is 0 Å². The van der Waals surface area contributed by atoms with Crippen LogP contribution in [0.5, 0.6) is 0 Å². The highest BCUT2D eigenvalue weighted by Crippen LogP contribution is 2.30. The van der Waals surface area contributed by atoms with Crippen molar-refractivity contribution < 1.29 is 27.5 Å². The van der Waals surface area contributed by atoms with Gasteiger partial charge in [-0.3, -0.25) is 4.79 Å². The Morgan fingerprint density at radius 2 is 1.79 bits per heavy atom. The Kier molecular flexibility index (Phi) is 6.01. The van der Waals surface area contributed by atoms with Crippen molar-refractivity contribution in [2.24, 2.45) is 5.92 Å². The van der Waals surface area contributed by atoms with Gasteiger partial charge in [0, 0.05) is 7.05 Å². The fraction of sp³-hybridized carbons (Fsp3) is 0.389. The third-order valence-electron chi connectivity index (χ3n) is 4.29. The number of carbonyl (C=O) groups excluding carboxylic acids is 2. The number of esters is 1. The van der Waals surface area contributed by atoms with Crippen LogP contribution in [0.1, 0.15) is 29.8 Å². The predicted molar refractivity (Wildman–Crippen MR) is 95.7 cm³/mol. The fourth-order valence-electron chi connectivity index (χ4n) is 2.83.